The number of benzene rings is 1. The lowest BCUT2D eigenvalue weighted by atomic mass is 10.1. The lowest BCUT2D eigenvalue weighted by molar-refractivity contribution is -0.115. The van der Waals surface area contributed by atoms with Crippen molar-refractivity contribution in [3.8, 4) is 5.75 Å². The number of aromatic nitrogens is 1. The molecular formula is C12H12ClN3O3. The molecule has 0 aliphatic heterocycles. The van der Waals surface area contributed by atoms with Crippen LogP contribution in [-0.4, -0.2) is 16.2 Å². The van der Waals surface area contributed by atoms with E-state index in [-0.39, 0.29) is 34.7 Å². The minimum Gasteiger partial charge on any atom is -0.506 e. The molecule has 0 radical (unpaired) electrons. The molecule has 1 aromatic carbocycles. The first kappa shape index (κ1) is 13.2. The van der Waals surface area contributed by atoms with Gasteiger partial charge in [0.25, 0.3) is 0 Å². The third kappa shape index (κ3) is 2.97. The Morgan fingerprint density at radius 2 is 2.32 bits per heavy atom. The normalized spacial score (nSPS) is 10.4. The second-order valence-electron chi connectivity index (χ2n) is 4.03. The monoisotopic (exact) mass is 281 g/mol. The fourth-order valence-corrected chi connectivity index (χ4v) is 1.62. The molecule has 1 heterocycles. The molecule has 0 atom stereocenters. The van der Waals surface area contributed by atoms with Crippen LogP contribution in [0.2, 0.25) is 5.02 Å². The maximum absolute atomic E-state index is 11.8. The third-order valence-electron chi connectivity index (χ3n) is 2.50. The summed E-state index contributed by atoms with van der Waals surface area (Å²) in [5, 5.41) is 15.7. The Morgan fingerprint density at radius 3 is 2.89 bits per heavy atom. The van der Waals surface area contributed by atoms with Crippen LogP contribution < -0.4 is 11.1 Å². The first-order valence-corrected chi connectivity index (χ1v) is 5.84. The molecule has 100 valence electrons. The van der Waals surface area contributed by atoms with Gasteiger partial charge in [-0.15, -0.1) is 0 Å². The Morgan fingerprint density at radius 1 is 1.58 bits per heavy atom. The predicted octanol–water partition coefficient (Wildman–Crippen LogP) is 2.11. The summed E-state index contributed by atoms with van der Waals surface area (Å²) in [7, 11) is 0. The number of nitrogens with two attached hydrogens (primary N) is 1. The topological polar surface area (TPSA) is 101 Å². The number of rotatable bonds is 3. The van der Waals surface area contributed by atoms with Gasteiger partial charge in [-0.3, -0.25) is 10.1 Å². The van der Waals surface area contributed by atoms with Gasteiger partial charge in [-0.2, -0.15) is 0 Å². The van der Waals surface area contributed by atoms with Crippen molar-refractivity contribution in [2.75, 3.05) is 11.1 Å². The van der Waals surface area contributed by atoms with Crippen LogP contribution in [0.15, 0.2) is 22.7 Å². The number of carbonyl (C=O) groups is 1. The minimum absolute atomic E-state index is 0.0157. The summed E-state index contributed by atoms with van der Waals surface area (Å²) in [4.78, 5) is 11.8. The van der Waals surface area contributed by atoms with Gasteiger partial charge in [0.15, 0.2) is 0 Å². The number of halogens is 1. The Hall–Kier alpha value is -2.21. The lowest BCUT2D eigenvalue weighted by Crippen LogP contribution is -2.14. The Kier molecular flexibility index (Phi) is 3.62. The van der Waals surface area contributed by atoms with Gasteiger partial charge >= 0.3 is 0 Å². The molecule has 0 unspecified atom stereocenters. The van der Waals surface area contributed by atoms with Gasteiger partial charge in [0.2, 0.25) is 11.8 Å². The zero-order valence-electron chi connectivity index (χ0n) is 10.1. The average molecular weight is 282 g/mol. The van der Waals surface area contributed by atoms with Crippen LogP contribution in [0.3, 0.4) is 0 Å². The van der Waals surface area contributed by atoms with Crippen LogP contribution in [0.25, 0.3) is 0 Å². The second kappa shape index (κ2) is 5.19. The largest absolute Gasteiger partial charge is 0.506 e. The number of anilines is 2. The van der Waals surface area contributed by atoms with E-state index in [1.807, 2.05) is 0 Å². The van der Waals surface area contributed by atoms with Crippen LogP contribution in [0.5, 0.6) is 5.75 Å². The van der Waals surface area contributed by atoms with Crippen molar-refractivity contribution in [3.05, 3.63) is 34.5 Å². The van der Waals surface area contributed by atoms with Gasteiger partial charge < -0.3 is 15.4 Å². The quantitative estimate of drug-likeness (QED) is 0.591. The van der Waals surface area contributed by atoms with E-state index in [0.29, 0.717) is 11.3 Å². The summed E-state index contributed by atoms with van der Waals surface area (Å²) in [5.74, 6) is -0.211. The molecule has 4 N–H and O–H groups in total. The molecule has 0 aliphatic carbocycles. The van der Waals surface area contributed by atoms with Gasteiger partial charge in [-0.05, 0) is 24.6 Å². The number of hydrogen-bond donors (Lipinski definition) is 3. The molecule has 0 aliphatic rings. The Bertz CT molecular complexity index is 625. The van der Waals surface area contributed by atoms with E-state index in [2.05, 4.69) is 10.5 Å². The molecule has 6 nitrogen and oxygen atoms in total. The maximum Gasteiger partial charge on any atom is 0.250 e. The molecule has 0 saturated carbocycles. The number of amides is 1. The van der Waals surface area contributed by atoms with Crippen LogP contribution >= 0.6 is 11.6 Å². The SMILES string of the molecule is Cc1noc(NC(=O)Cc2ccc(O)c(N)c2)c1Cl. The van der Waals surface area contributed by atoms with E-state index < -0.39 is 0 Å². The Balaban J connectivity index is 2.05. The minimum atomic E-state index is -0.317. The third-order valence-corrected chi connectivity index (χ3v) is 2.95. The van der Waals surface area contributed by atoms with Crippen molar-refractivity contribution in [2.24, 2.45) is 0 Å². The van der Waals surface area contributed by atoms with Gasteiger partial charge in [-0.25, -0.2) is 0 Å². The molecule has 2 aromatic rings. The number of aryl methyl sites for hydroxylation is 1. The number of nitrogens with zero attached hydrogens (tertiary/aromatic N) is 1. The summed E-state index contributed by atoms with van der Waals surface area (Å²) >= 11 is 5.88. The smallest absolute Gasteiger partial charge is 0.250 e. The molecule has 1 amide bonds. The van der Waals surface area contributed by atoms with Gasteiger partial charge in [0, 0.05) is 0 Å². The van der Waals surface area contributed by atoms with Crippen LogP contribution in [0, 0.1) is 6.92 Å². The molecule has 0 bridgehead atoms. The zero-order chi connectivity index (χ0) is 14.0. The molecular weight excluding hydrogens is 270 g/mol. The van der Waals surface area contributed by atoms with E-state index in [4.69, 9.17) is 21.9 Å². The van der Waals surface area contributed by atoms with Crippen molar-refractivity contribution >= 4 is 29.1 Å². The van der Waals surface area contributed by atoms with Crippen molar-refractivity contribution < 1.29 is 14.4 Å². The Labute approximate surface area is 114 Å². The van der Waals surface area contributed by atoms with Crippen LogP contribution in [0.4, 0.5) is 11.6 Å². The summed E-state index contributed by atoms with van der Waals surface area (Å²) < 4.78 is 4.87. The molecule has 0 spiro atoms. The molecule has 19 heavy (non-hydrogen) atoms. The van der Waals surface area contributed by atoms with Gasteiger partial charge in [0.1, 0.15) is 16.5 Å². The van der Waals surface area contributed by atoms with Crippen molar-refractivity contribution in [3.63, 3.8) is 0 Å². The highest BCUT2D eigenvalue weighted by Crippen LogP contribution is 2.25. The van der Waals surface area contributed by atoms with Crippen molar-refractivity contribution in [2.45, 2.75) is 13.3 Å². The van der Waals surface area contributed by atoms with Crippen molar-refractivity contribution in [1.82, 2.24) is 5.16 Å². The number of hydrogen-bond acceptors (Lipinski definition) is 5. The number of aromatic hydroxyl groups is 1. The highest BCUT2D eigenvalue weighted by molar-refractivity contribution is 6.33. The standard InChI is InChI=1S/C12H12ClN3O3/c1-6-11(13)12(19-16-6)15-10(18)5-7-2-3-9(17)8(14)4-7/h2-4,17H,5,14H2,1H3,(H,15,18). The number of phenolic OH excluding ortho intramolecular Hbond substituents is 1. The molecule has 0 fully saturated rings. The van der Waals surface area contributed by atoms with Crippen LogP contribution in [-0.2, 0) is 11.2 Å². The summed E-state index contributed by atoms with van der Waals surface area (Å²) in [5.41, 5.74) is 6.94. The van der Waals surface area contributed by atoms with E-state index in [1.165, 1.54) is 12.1 Å². The zero-order valence-corrected chi connectivity index (χ0v) is 10.9. The van der Waals surface area contributed by atoms with E-state index >= 15 is 0 Å². The molecule has 0 saturated heterocycles. The fourth-order valence-electron chi connectivity index (χ4n) is 1.51. The second-order valence-corrected chi connectivity index (χ2v) is 4.41. The first-order chi connectivity index (χ1) is 8.97. The number of carbonyl (C=O) groups excluding carboxylic acids is 1. The molecule has 7 heteroatoms. The van der Waals surface area contributed by atoms with E-state index in [1.54, 1.807) is 13.0 Å². The summed E-state index contributed by atoms with van der Waals surface area (Å²) in [6.07, 6.45) is 0.0839. The van der Waals surface area contributed by atoms with E-state index in [9.17, 15) is 9.90 Å². The van der Waals surface area contributed by atoms with Gasteiger partial charge in [-0.1, -0.05) is 22.8 Å². The highest BCUT2D eigenvalue weighted by atomic mass is 35.5. The van der Waals surface area contributed by atoms with Crippen LogP contribution in [0.1, 0.15) is 11.3 Å². The highest BCUT2D eigenvalue weighted by Gasteiger charge is 2.14. The first-order valence-electron chi connectivity index (χ1n) is 5.46. The van der Waals surface area contributed by atoms with E-state index in [0.717, 1.165) is 0 Å². The molecule has 2 rings (SSSR count). The predicted molar refractivity (Wildman–Crippen MR) is 71.1 cm³/mol. The summed E-state index contributed by atoms with van der Waals surface area (Å²) in [6, 6.07) is 4.57. The molecule has 1 aromatic heterocycles. The van der Waals surface area contributed by atoms with Gasteiger partial charge in [0.05, 0.1) is 12.1 Å². The average Bonchev–Trinajstić information content (AvgIpc) is 2.66. The number of nitrogens with one attached hydrogen (secondary N) is 1. The maximum atomic E-state index is 11.8. The fraction of sp³-hybridized carbons (Fsp3) is 0.167. The van der Waals surface area contributed by atoms with Crippen molar-refractivity contribution in [1.29, 1.82) is 0 Å². The number of nitrogen functional groups attached to an aromatic ring is 1. The number of phenols is 1. The summed E-state index contributed by atoms with van der Waals surface area (Å²) in [6.45, 7) is 1.67. The lowest BCUT2D eigenvalue weighted by Gasteiger charge is -2.04.